The largest absolute Gasteiger partial charge is 0.497 e. The van der Waals surface area contributed by atoms with Gasteiger partial charge >= 0.3 is 0 Å². The normalized spacial score (nSPS) is 10.8. The number of rotatable bonds is 2. The Hall–Kier alpha value is -2.55. The van der Waals surface area contributed by atoms with Crippen LogP contribution in [0.25, 0.3) is 22.3 Å². The zero-order valence-electron chi connectivity index (χ0n) is 12.3. The topological polar surface area (TPSA) is 39.4 Å². The van der Waals surface area contributed by atoms with Crippen molar-refractivity contribution < 1.29 is 9.15 Å². The van der Waals surface area contributed by atoms with Crippen molar-refractivity contribution in [3.05, 3.63) is 63.8 Å². The molecule has 0 radical (unpaired) electrons. The number of fused-ring (bicyclic) bond motifs is 1. The summed E-state index contributed by atoms with van der Waals surface area (Å²) in [5.74, 6) is 1.34. The van der Waals surface area contributed by atoms with Crippen LogP contribution >= 0.6 is 0 Å². The van der Waals surface area contributed by atoms with Gasteiger partial charge in [0.05, 0.1) is 12.5 Å². The SMILES string of the molecule is COc1ccc(-c2cc(=O)c3cc(C)c(C)cc3o2)cc1. The van der Waals surface area contributed by atoms with Crippen LogP contribution in [0.5, 0.6) is 5.75 Å². The molecule has 3 aromatic rings. The van der Waals surface area contributed by atoms with Gasteiger partial charge in [-0.2, -0.15) is 0 Å². The van der Waals surface area contributed by atoms with Crippen LogP contribution in [0.3, 0.4) is 0 Å². The maximum Gasteiger partial charge on any atom is 0.193 e. The van der Waals surface area contributed by atoms with Crippen molar-refractivity contribution >= 4 is 11.0 Å². The number of aryl methyl sites for hydroxylation is 2. The molecular weight excluding hydrogens is 264 g/mol. The van der Waals surface area contributed by atoms with E-state index in [0.717, 1.165) is 22.4 Å². The molecule has 1 aromatic heterocycles. The van der Waals surface area contributed by atoms with Crippen LogP contribution in [-0.4, -0.2) is 7.11 Å². The minimum absolute atomic E-state index is 0.0230. The lowest BCUT2D eigenvalue weighted by atomic mass is 10.1. The van der Waals surface area contributed by atoms with Crippen molar-refractivity contribution in [2.24, 2.45) is 0 Å². The molecule has 2 aromatic carbocycles. The van der Waals surface area contributed by atoms with Crippen molar-refractivity contribution in [1.82, 2.24) is 0 Å². The minimum atomic E-state index is -0.0230. The van der Waals surface area contributed by atoms with E-state index in [1.807, 2.05) is 50.2 Å². The first-order valence-corrected chi connectivity index (χ1v) is 6.78. The Kier molecular flexibility index (Phi) is 3.26. The smallest absolute Gasteiger partial charge is 0.193 e. The first kappa shape index (κ1) is 13.4. The zero-order valence-corrected chi connectivity index (χ0v) is 12.3. The van der Waals surface area contributed by atoms with E-state index in [1.54, 1.807) is 13.2 Å². The van der Waals surface area contributed by atoms with Crippen molar-refractivity contribution in [2.45, 2.75) is 13.8 Å². The highest BCUT2D eigenvalue weighted by atomic mass is 16.5. The van der Waals surface area contributed by atoms with Crippen LogP contribution in [-0.2, 0) is 0 Å². The van der Waals surface area contributed by atoms with Gasteiger partial charge in [0.25, 0.3) is 0 Å². The monoisotopic (exact) mass is 280 g/mol. The molecule has 0 fully saturated rings. The van der Waals surface area contributed by atoms with Crippen LogP contribution in [0.1, 0.15) is 11.1 Å². The van der Waals surface area contributed by atoms with E-state index in [1.165, 1.54) is 0 Å². The molecule has 3 heteroatoms. The fourth-order valence-corrected chi connectivity index (χ4v) is 2.31. The molecule has 0 unspecified atom stereocenters. The quantitative estimate of drug-likeness (QED) is 0.710. The first-order chi connectivity index (χ1) is 10.1. The Bertz CT molecular complexity index is 858. The Balaban J connectivity index is 2.19. The van der Waals surface area contributed by atoms with Gasteiger partial charge < -0.3 is 9.15 Å². The molecule has 0 bridgehead atoms. The molecule has 0 atom stereocenters. The molecular formula is C18H16O3. The lowest BCUT2D eigenvalue weighted by Gasteiger charge is -2.06. The van der Waals surface area contributed by atoms with Gasteiger partial charge in [-0.3, -0.25) is 4.79 Å². The molecule has 21 heavy (non-hydrogen) atoms. The molecule has 0 saturated heterocycles. The molecule has 106 valence electrons. The first-order valence-electron chi connectivity index (χ1n) is 6.78. The molecule has 0 N–H and O–H groups in total. The van der Waals surface area contributed by atoms with Gasteiger partial charge in [-0.05, 0) is 61.4 Å². The van der Waals surface area contributed by atoms with Crippen molar-refractivity contribution in [3.8, 4) is 17.1 Å². The second-order valence-electron chi connectivity index (χ2n) is 5.14. The lowest BCUT2D eigenvalue weighted by molar-refractivity contribution is 0.415. The second kappa shape index (κ2) is 5.09. The lowest BCUT2D eigenvalue weighted by Crippen LogP contribution is -2.01. The second-order valence-corrected chi connectivity index (χ2v) is 5.14. The predicted molar refractivity (Wildman–Crippen MR) is 83.9 cm³/mol. The molecule has 1 heterocycles. The van der Waals surface area contributed by atoms with Gasteiger partial charge in [-0.1, -0.05) is 0 Å². The minimum Gasteiger partial charge on any atom is -0.497 e. The fraction of sp³-hybridized carbons (Fsp3) is 0.167. The Morgan fingerprint density at radius 1 is 0.952 bits per heavy atom. The third-order valence-corrected chi connectivity index (χ3v) is 3.72. The van der Waals surface area contributed by atoms with Gasteiger partial charge in [-0.25, -0.2) is 0 Å². The van der Waals surface area contributed by atoms with Gasteiger partial charge in [-0.15, -0.1) is 0 Å². The van der Waals surface area contributed by atoms with Crippen molar-refractivity contribution in [2.75, 3.05) is 7.11 Å². The highest BCUT2D eigenvalue weighted by Crippen LogP contribution is 2.25. The van der Waals surface area contributed by atoms with Crippen molar-refractivity contribution in [3.63, 3.8) is 0 Å². The summed E-state index contributed by atoms with van der Waals surface area (Å²) in [4.78, 5) is 12.3. The molecule has 3 nitrogen and oxygen atoms in total. The molecule has 0 aliphatic heterocycles. The van der Waals surface area contributed by atoms with Crippen LogP contribution in [0, 0.1) is 13.8 Å². The van der Waals surface area contributed by atoms with Crippen LogP contribution in [0.4, 0.5) is 0 Å². The third-order valence-electron chi connectivity index (χ3n) is 3.72. The Morgan fingerprint density at radius 2 is 1.62 bits per heavy atom. The standard InChI is InChI=1S/C18H16O3/c1-11-8-15-16(19)10-17(21-18(15)9-12(11)2)13-4-6-14(20-3)7-5-13/h4-10H,1-3H3. The summed E-state index contributed by atoms with van der Waals surface area (Å²) in [6, 6.07) is 12.8. The number of ether oxygens (including phenoxy) is 1. The fourth-order valence-electron chi connectivity index (χ4n) is 2.31. The summed E-state index contributed by atoms with van der Waals surface area (Å²) < 4.78 is 11.0. The molecule has 0 aliphatic carbocycles. The van der Waals surface area contributed by atoms with Gasteiger partial charge in [0.1, 0.15) is 17.1 Å². The van der Waals surface area contributed by atoms with E-state index < -0.39 is 0 Å². The van der Waals surface area contributed by atoms with Gasteiger partial charge in [0.2, 0.25) is 0 Å². The van der Waals surface area contributed by atoms with E-state index in [0.29, 0.717) is 16.7 Å². The summed E-state index contributed by atoms with van der Waals surface area (Å²) in [6.45, 7) is 4.00. The molecule has 0 aliphatic rings. The van der Waals surface area contributed by atoms with Crippen LogP contribution in [0.2, 0.25) is 0 Å². The van der Waals surface area contributed by atoms with Gasteiger partial charge in [0, 0.05) is 11.6 Å². The predicted octanol–water partition coefficient (Wildman–Crippen LogP) is 4.09. The van der Waals surface area contributed by atoms with Crippen LogP contribution in [0.15, 0.2) is 51.7 Å². The Labute approximate surface area is 122 Å². The molecule has 0 spiro atoms. The molecule has 3 rings (SSSR count). The maximum atomic E-state index is 12.3. The zero-order chi connectivity index (χ0) is 15.0. The highest BCUT2D eigenvalue weighted by Gasteiger charge is 2.08. The summed E-state index contributed by atoms with van der Waals surface area (Å²) in [6.07, 6.45) is 0. The van der Waals surface area contributed by atoms with E-state index in [9.17, 15) is 4.79 Å². The number of methoxy groups -OCH3 is 1. The maximum absolute atomic E-state index is 12.3. The average Bonchev–Trinajstić information content (AvgIpc) is 2.49. The van der Waals surface area contributed by atoms with E-state index >= 15 is 0 Å². The number of benzene rings is 2. The van der Waals surface area contributed by atoms with Crippen molar-refractivity contribution in [1.29, 1.82) is 0 Å². The van der Waals surface area contributed by atoms with E-state index in [4.69, 9.17) is 9.15 Å². The van der Waals surface area contributed by atoms with E-state index in [2.05, 4.69) is 0 Å². The third kappa shape index (κ3) is 2.42. The van der Waals surface area contributed by atoms with E-state index in [-0.39, 0.29) is 5.43 Å². The Morgan fingerprint density at radius 3 is 2.29 bits per heavy atom. The number of hydrogen-bond acceptors (Lipinski definition) is 3. The molecule has 0 amide bonds. The summed E-state index contributed by atoms with van der Waals surface area (Å²) >= 11 is 0. The average molecular weight is 280 g/mol. The summed E-state index contributed by atoms with van der Waals surface area (Å²) in [5, 5.41) is 0.621. The summed E-state index contributed by atoms with van der Waals surface area (Å²) in [7, 11) is 1.62. The van der Waals surface area contributed by atoms with Crippen LogP contribution < -0.4 is 10.2 Å². The highest BCUT2D eigenvalue weighted by molar-refractivity contribution is 5.80. The number of hydrogen-bond donors (Lipinski definition) is 0. The molecule has 0 saturated carbocycles. The van der Waals surface area contributed by atoms with Gasteiger partial charge in [0.15, 0.2) is 5.43 Å². The summed E-state index contributed by atoms with van der Waals surface area (Å²) in [5.41, 5.74) is 3.65.